The Morgan fingerprint density at radius 2 is 1.67 bits per heavy atom. The Balaban J connectivity index is 0.00000225. The highest BCUT2D eigenvalue weighted by molar-refractivity contribution is 5.87. The fraction of sp³-hybridized carbons (Fsp3) is 0.435. The van der Waals surface area contributed by atoms with E-state index in [1.165, 1.54) is 24.8 Å². The predicted octanol–water partition coefficient (Wildman–Crippen LogP) is 4.06. The van der Waals surface area contributed by atoms with E-state index in [0.717, 1.165) is 24.4 Å². The van der Waals surface area contributed by atoms with Crippen LogP contribution in [0.3, 0.4) is 0 Å². The molecular formula is C23H33Cl2N3O2. The second kappa shape index (κ2) is 12.2. The second-order valence-corrected chi connectivity index (χ2v) is 7.66. The molecule has 0 radical (unpaired) electrons. The van der Waals surface area contributed by atoms with Crippen LogP contribution in [0.2, 0.25) is 0 Å². The van der Waals surface area contributed by atoms with Gasteiger partial charge in [0.25, 0.3) is 0 Å². The molecule has 1 saturated heterocycles. The summed E-state index contributed by atoms with van der Waals surface area (Å²) in [6.07, 6.45) is 3.66. The van der Waals surface area contributed by atoms with E-state index >= 15 is 0 Å². The van der Waals surface area contributed by atoms with Crippen molar-refractivity contribution in [2.45, 2.75) is 37.8 Å². The van der Waals surface area contributed by atoms with Gasteiger partial charge in [0.2, 0.25) is 5.91 Å². The van der Waals surface area contributed by atoms with Crippen LogP contribution in [0, 0.1) is 0 Å². The summed E-state index contributed by atoms with van der Waals surface area (Å²) in [4.78, 5) is 15.4. The average molecular weight is 454 g/mol. The van der Waals surface area contributed by atoms with Crippen molar-refractivity contribution in [2.24, 2.45) is 5.73 Å². The van der Waals surface area contributed by atoms with E-state index in [0.29, 0.717) is 6.54 Å². The lowest BCUT2D eigenvalue weighted by molar-refractivity contribution is -0.126. The number of hydrogen-bond donors (Lipinski definition) is 2. The van der Waals surface area contributed by atoms with Crippen molar-refractivity contribution in [1.82, 2.24) is 10.2 Å². The summed E-state index contributed by atoms with van der Waals surface area (Å²) in [5.74, 6) is 0.679. The highest BCUT2D eigenvalue weighted by Crippen LogP contribution is 2.26. The number of hydrogen-bond acceptors (Lipinski definition) is 4. The smallest absolute Gasteiger partial charge is 0.244 e. The van der Waals surface area contributed by atoms with Crippen molar-refractivity contribution in [3.05, 3.63) is 65.7 Å². The number of carbonyl (C=O) groups excluding carboxylic acids is 1. The molecule has 2 unspecified atom stereocenters. The van der Waals surface area contributed by atoms with Gasteiger partial charge < -0.3 is 15.8 Å². The summed E-state index contributed by atoms with van der Waals surface area (Å²) in [5, 5.41) is 3.11. The number of nitrogens with zero attached hydrogens (tertiary/aromatic N) is 1. The predicted molar refractivity (Wildman–Crippen MR) is 127 cm³/mol. The van der Waals surface area contributed by atoms with Gasteiger partial charge in [0.1, 0.15) is 11.3 Å². The molecule has 0 aromatic heterocycles. The first kappa shape index (κ1) is 26.2. The van der Waals surface area contributed by atoms with Gasteiger partial charge in [-0.15, -0.1) is 24.8 Å². The highest BCUT2D eigenvalue weighted by Gasteiger charge is 2.31. The van der Waals surface area contributed by atoms with E-state index in [9.17, 15) is 4.79 Å². The zero-order valence-corrected chi connectivity index (χ0v) is 19.3. The molecule has 7 heteroatoms. The number of benzene rings is 2. The molecule has 3 N–H and O–H groups in total. The molecule has 5 nitrogen and oxygen atoms in total. The molecule has 1 amide bonds. The fourth-order valence-corrected chi connectivity index (χ4v) is 3.80. The molecule has 0 saturated carbocycles. The molecule has 1 fully saturated rings. The molecule has 0 bridgehead atoms. The maximum Gasteiger partial charge on any atom is 0.244 e. The SMILES string of the molecule is COc1ccc(C(CNC(=O)C(C)(N)c2ccccc2)N2CCCCC2)cc1.Cl.Cl. The van der Waals surface area contributed by atoms with Crippen molar-refractivity contribution in [3.63, 3.8) is 0 Å². The van der Waals surface area contributed by atoms with Gasteiger partial charge in [0.05, 0.1) is 13.2 Å². The Morgan fingerprint density at radius 1 is 1.07 bits per heavy atom. The molecule has 1 aliphatic rings. The molecule has 3 rings (SSSR count). The van der Waals surface area contributed by atoms with Crippen LogP contribution in [0.25, 0.3) is 0 Å². The number of carbonyl (C=O) groups is 1. The van der Waals surface area contributed by atoms with Crippen LogP contribution in [0.5, 0.6) is 5.75 Å². The third-order valence-corrected chi connectivity index (χ3v) is 5.63. The molecule has 166 valence electrons. The van der Waals surface area contributed by atoms with Crippen molar-refractivity contribution >= 4 is 30.7 Å². The molecular weight excluding hydrogens is 421 g/mol. The van der Waals surface area contributed by atoms with E-state index in [-0.39, 0.29) is 36.8 Å². The van der Waals surface area contributed by atoms with Gasteiger partial charge in [-0.3, -0.25) is 9.69 Å². The summed E-state index contributed by atoms with van der Waals surface area (Å²) in [6.45, 7) is 4.39. The molecule has 1 aliphatic heterocycles. The van der Waals surface area contributed by atoms with Crippen molar-refractivity contribution in [1.29, 1.82) is 0 Å². The molecule has 2 atom stereocenters. The summed E-state index contributed by atoms with van der Waals surface area (Å²) in [5.41, 5.74) is 7.31. The second-order valence-electron chi connectivity index (χ2n) is 7.66. The Bertz CT molecular complexity index is 764. The summed E-state index contributed by atoms with van der Waals surface area (Å²) in [7, 11) is 1.67. The van der Waals surface area contributed by atoms with Crippen molar-refractivity contribution in [3.8, 4) is 5.75 Å². The molecule has 2 aromatic carbocycles. The summed E-state index contributed by atoms with van der Waals surface area (Å²) < 4.78 is 5.29. The Morgan fingerprint density at radius 3 is 2.23 bits per heavy atom. The normalized spacial score (nSPS) is 16.9. The standard InChI is InChI=1S/C23H31N3O2.2ClH/c1-23(24,19-9-5-3-6-10-19)22(27)25-17-21(26-15-7-4-8-16-26)18-11-13-20(28-2)14-12-18;;/h3,5-6,9-14,21H,4,7-8,15-17,24H2,1-2H3,(H,25,27);2*1H. The first-order chi connectivity index (χ1) is 13.5. The maximum atomic E-state index is 12.9. The first-order valence-electron chi connectivity index (χ1n) is 10.0. The van der Waals surface area contributed by atoms with Crippen LogP contribution in [0.4, 0.5) is 0 Å². The number of methoxy groups -OCH3 is 1. The number of halogens is 2. The van der Waals surface area contributed by atoms with E-state index < -0.39 is 5.54 Å². The van der Waals surface area contributed by atoms with Crippen LogP contribution in [-0.2, 0) is 10.3 Å². The lowest BCUT2D eigenvalue weighted by Gasteiger charge is -2.36. The zero-order chi connectivity index (χ0) is 20.0. The number of amides is 1. The first-order valence-corrected chi connectivity index (χ1v) is 10.0. The third-order valence-electron chi connectivity index (χ3n) is 5.63. The maximum absolute atomic E-state index is 12.9. The molecule has 2 aromatic rings. The number of rotatable bonds is 7. The summed E-state index contributed by atoms with van der Waals surface area (Å²) in [6, 6.07) is 17.8. The Labute approximate surface area is 192 Å². The van der Waals surface area contributed by atoms with Crippen LogP contribution in [0.15, 0.2) is 54.6 Å². The van der Waals surface area contributed by atoms with Gasteiger partial charge in [0.15, 0.2) is 0 Å². The van der Waals surface area contributed by atoms with Gasteiger partial charge in [-0.1, -0.05) is 48.9 Å². The topological polar surface area (TPSA) is 67.6 Å². The van der Waals surface area contributed by atoms with Gasteiger partial charge in [-0.2, -0.15) is 0 Å². The molecule has 0 aliphatic carbocycles. The minimum atomic E-state index is -1.06. The van der Waals surface area contributed by atoms with Gasteiger partial charge in [-0.05, 0) is 56.1 Å². The van der Waals surface area contributed by atoms with E-state index in [1.54, 1.807) is 14.0 Å². The Hall–Kier alpha value is -1.79. The summed E-state index contributed by atoms with van der Waals surface area (Å²) >= 11 is 0. The highest BCUT2D eigenvalue weighted by atomic mass is 35.5. The van der Waals surface area contributed by atoms with Gasteiger partial charge >= 0.3 is 0 Å². The lowest BCUT2D eigenvalue weighted by atomic mass is 9.92. The lowest BCUT2D eigenvalue weighted by Crippen LogP contribution is -2.51. The van der Waals surface area contributed by atoms with Crippen LogP contribution in [-0.4, -0.2) is 37.6 Å². The van der Waals surface area contributed by atoms with E-state index in [2.05, 4.69) is 22.3 Å². The molecule has 0 spiro atoms. The van der Waals surface area contributed by atoms with Crippen LogP contribution >= 0.6 is 24.8 Å². The number of piperidine rings is 1. The number of nitrogens with two attached hydrogens (primary N) is 1. The minimum absolute atomic E-state index is 0. The molecule has 30 heavy (non-hydrogen) atoms. The van der Waals surface area contributed by atoms with Gasteiger partial charge in [0, 0.05) is 6.54 Å². The monoisotopic (exact) mass is 453 g/mol. The number of nitrogens with one attached hydrogen (secondary N) is 1. The van der Waals surface area contributed by atoms with Crippen LogP contribution in [0.1, 0.15) is 43.4 Å². The number of ether oxygens (including phenoxy) is 1. The van der Waals surface area contributed by atoms with E-state index in [1.807, 2.05) is 42.5 Å². The minimum Gasteiger partial charge on any atom is -0.497 e. The van der Waals surface area contributed by atoms with Crippen LogP contribution < -0.4 is 15.8 Å². The quantitative estimate of drug-likeness (QED) is 0.662. The number of likely N-dealkylation sites (tertiary alicyclic amines) is 1. The zero-order valence-electron chi connectivity index (χ0n) is 17.7. The molecule has 1 heterocycles. The van der Waals surface area contributed by atoms with E-state index in [4.69, 9.17) is 10.5 Å². The largest absolute Gasteiger partial charge is 0.497 e. The van der Waals surface area contributed by atoms with Crippen molar-refractivity contribution in [2.75, 3.05) is 26.7 Å². The Kier molecular flexibility index (Phi) is 10.6. The third kappa shape index (κ3) is 6.35. The van der Waals surface area contributed by atoms with Gasteiger partial charge in [-0.25, -0.2) is 0 Å². The fourth-order valence-electron chi connectivity index (χ4n) is 3.80. The van der Waals surface area contributed by atoms with Crippen molar-refractivity contribution < 1.29 is 9.53 Å². The average Bonchev–Trinajstić information content (AvgIpc) is 2.75.